The van der Waals surface area contributed by atoms with E-state index in [2.05, 4.69) is 31.3 Å². The van der Waals surface area contributed by atoms with Crippen LogP contribution in [0.15, 0.2) is 29.4 Å². The van der Waals surface area contributed by atoms with Crippen LogP contribution >= 0.6 is 0 Å². The van der Waals surface area contributed by atoms with Crippen LogP contribution in [0.1, 0.15) is 45.6 Å². The number of nitrogens with one attached hydrogen (secondary N) is 1. The lowest BCUT2D eigenvalue weighted by molar-refractivity contribution is -0.123. The Labute approximate surface area is 142 Å². The normalized spacial score (nSPS) is 28.6. The van der Waals surface area contributed by atoms with Crippen molar-refractivity contribution < 1.29 is 9.53 Å². The first kappa shape index (κ1) is 16.5. The number of carbonyl (C=O) groups excluding carboxylic acids is 1. The van der Waals surface area contributed by atoms with Crippen LogP contribution in [0, 0.1) is 28.1 Å². The molecule has 2 aliphatic rings. The summed E-state index contributed by atoms with van der Waals surface area (Å²) in [5, 5.41) is 13.2. The van der Waals surface area contributed by atoms with Gasteiger partial charge in [-0.25, -0.2) is 5.43 Å². The zero-order valence-corrected chi connectivity index (χ0v) is 14.4. The molecule has 2 aliphatic carbocycles. The highest BCUT2D eigenvalue weighted by Gasteiger charge is 2.59. The summed E-state index contributed by atoms with van der Waals surface area (Å²) in [5.41, 5.74) is 4.63. The highest BCUT2D eigenvalue weighted by molar-refractivity contribution is 5.95. The Bertz CT molecular complexity index is 715. The molecular formula is C19H23N3O2. The van der Waals surface area contributed by atoms with Crippen molar-refractivity contribution in [2.75, 3.05) is 6.61 Å². The lowest BCUT2D eigenvalue weighted by atomic mass is 9.70. The van der Waals surface area contributed by atoms with Crippen LogP contribution in [0.5, 0.6) is 5.75 Å². The average molecular weight is 325 g/mol. The van der Waals surface area contributed by atoms with Crippen LogP contribution in [-0.4, -0.2) is 18.2 Å². The van der Waals surface area contributed by atoms with Gasteiger partial charge in [0.2, 0.25) is 0 Å². The Balaban J connectivity index is 1.55. The van der Waals surface area contributed by atoms with Crippen LogP contribution in [-0.2, 0) is 4.79 Å². The first-order chi connectivity index (χ1) is 11.4. The summed E-state index contributed by atoms with van der Waals surface area (Å²) in [6.07, 6.45) is 3.36. The van der Waals surface area contributed by atoms with Gasteiger partial charge >= 0.3 is 0 Å². The quantitative estimate of drug-likeness (QED) is 0.863. The molecule has 1 amide bonds. The number of carbonyl (C=O) groups is 1. The summed E-state index contributed by atoms with van der Waals surface area (Å²) in [7, 11) is 0. The standard InChI is InChI=1S/C19H23N3O2/c1-18(2)14-8-9-19(18,3)16(10-14)21-22-17(23)12-24-15-6-4-13(11-20)5-7-15/h4-7,14H,8-10,12H2,1-3H3,(H,22,23)/b21-16+/t14-,19-/m0/s1. The Morgan fingerprint density at radius 1 is 1.38 bits per heavy atom. The van der Waals surface area contributed by atoms with E-state index < -0.39 is 0 Å². The van der Waals surface area contributed by atoms with Crippen molar-refractivity contribution in [3.63, 3.8) is 0 Å². The fraction of sp³-hybridized carbons (Fsp3) is 0.526. The number of benzene rings is 1. The van der Waals surface area contributed by atoms with Gasteiger partial charge in [-0.1, -0.05) is 20.8 Å². The molecule has 0 aliphatic heterocycles. The maximum Gasteiger partial charge on any atom is 0.277 e. The van der Waals surface area contributed by atoms with Crippen LogP contribution in [0.2, 0.25) is 0 Å². The lowest BCUT2D eigenvalue weighted by Gasteiger charge is -2.34. The van der Waals surface area contributed by atoms with E-state index in [1.165, 1.54) is 6.42 Å². The second-order valence-corrected chi connectivity index (χ2v) is 7.51. The summed E-state index contributed by atoms with van der Waals surface area (Å²) >= 11 is 0. The molecule has 1 aromatic rings. The zero-order valence-electron chi connectivity index (χ0n) is 14.4. The Kier molecular flexibility index (Phi) is 4.08. The molecule has 3 rings (SSSR count). The number of hydrazone groups is 1. The predicted molar refractivity (Wildman–Crippen MR) is 91.5 cm³/mol. The van der Waals surface area contributed by atoms with Gasteiger partial charge in [0.1, 0.15) is 5.75 Å². The van der Waals surface area contributed by atoms with Crippen molar-refractivity contribution >= 4 is 11.6 Å². The van der Waals surface area contributed by atoms with Gasteiger partial charge in [0.15, 0.2) is 6.61 Å². The minimum atomic E-state index is -0.268. The summed E-state index contributed by atoms with van der Waals surface area (Å²) in [5.74, 6) is 0.953. The molecule has 0 unspecified atom stereocenters. The van der Waals surface area contributed by atoms with Crippen molar-refractivity contribution in [1.29, 1.82) is 5.26 Å². The second kappa shape index (κ2) is 5.94. The number of hydrogen-bond donors (Lipinski definition) is 1. The first-order valence-electron chi connectivity index (χ1n) is 8.35. The first-order valence-corrected chi connectivity index (χ1v) is 8.35. The van der Waals surface area contributed by atoms with Gasteiger partial charge in [-0.05, 0) is 54.9 Å². The molecule has 0 radical (unpaired) electrons. The molecule has 0 heterocycles. The summed E-state index contributed by atoms with van der Waals surface area (Å²) in [4.78, 5) is 12.0. The largest absolute Gasteiger partial charge is 0.484 e. The smallest absolute Gasteiger partial charge is 0.277 e. The number of nitrogens with zero attached hydrogens (tertiary/aromatic N) is 2. The predicted octanol–water partition coefficient (Wildman–Crippen LogP) is 3.26. The van der Waals surface area contributed by atoms with Crippen LogP contribution < -0.4 is 10.2 Å². The van der Waals surface area contributed by atoms with Crippen molar-refractivity contribution in [2.45, 2.75) is 40.0 Å². The molecule has 1 aromatic carbocycles. The summed E-state index contributed by atoms with van der Waals surface area (Å²) in [6.45, 7) is 6.79. The van der Waals surface area contributed by atoms with E-state index in [0.717, 1.165) is 18.6 Å². The molecular weight excluding hydrogens is 302 g/mol. The second-order valence-electron chi connectivity index (χ2n) is 7.51. The molecule has 2 atom stereocenters. The molecule has 0 saturated heterocycles. The topological polar surface area (TPSA) is 74.5 Å². The van der Waals surface area contributed by atoms with Crippen molar-refractivity contribution in [1.82, 2.24) is 5.43 Å². The highest BCUT2D eigenvalue weighted by atomic mass is 16.5. The van der Waals surface area contributed by atoms with E-state index >= 15 is 0 Å². The minimum absolute atomic E-state index is 0.0823. The van der Waals surface area contributed by atoms with Gasteiger partial charge in [-0.15, -0.1) is 0 Å². The zero-order chi connectivity index (χ0) is 17.4. The summed E-state index contributed by atoms with van der Waals surface area (Å²) in [6, 6.07) is 8.71. The maximum atomic E-state index is 12.0. The van der Waals surface area contributed by atoms with Gasteiger partial charge in [0, 0.05) is 11.1 Å². The molecule has 5 nitrogen and oxygen atoms in total. The molecule has 1 N–H and O–H groups in total. The average Bonchev–Trinajstić information content (AvgIpc) is 2.91. The molecule has 24 heavy (non-hydrogen) atoms. The third-order valence-electron chi connectivity index (χ3n) is 6.18. The SMILES string of the molecule is CC1(C)[C@H]2CC[C@@]1(C)/C(=N/NC(=O)COc1ccc(C#N)cc1)C2. The van der Waals surface area contributed by atoms with Crippen LogP contribution in [0.3, 0.4) is 0 Å². The maximum absolute atomic E-state index is 12.0. The molecule has 126 valence electrons. The lowest BCUT2D eigenvalue weighted by Crippen LogP contribution is -2.35. The van der Waals surface area contributed by atoms with Crippen molar-refractivity contribution in [2.24, 2.45) is 21.8 Å². The van der Waals surface area contributed by atoms with E-state index in [9.17, 15) is 4.79 Å². The number of fused-ring (bicyclic) bond motifs is 2. The van der Waals surface area contributed by atoms with Gasteiger partial charge in [-0.2, -0.15) is 10.4 Å². The number of rotatable bonds is 4. The molecule has 0 spiro atoms. The number of nitriles is 1. The Hall–Kier alpha value is -2.35. The van der Waals surface area contributed by atoms with E-state index in [4.69, 9.17) is 10.00 Å². The number of hydrogen-bond acceptors (Lipinski definition) is 4. The number of amides is 1. The van der Waals surface area contributed by atoms with E-state index in [1.807, 2.05) is 6.07 Å². The fourth-order valence-corrected chi connectivity index (χ4v) is 4.03. The monoisotopic (exact) mass is 325 g/mol. The molecule has 2 bridgehead atoms. The number of ether oxygens (including phenoxy) is 1. The Morgan fingerprint density at radius 3 is 2.62 bits per heavy atom. The third-order valence-corrected chi connectivity index (χ3v) is 6.18. The summed E-state index contributed by atoms with van der Waals surface area (Å²) < 4.78 is 5.42. The van der Waals surface area contributed by atoms with E-state index in [-0.39, 0.29) is 23.3 Å². The molecule has 2 fully saturated rings. The van der Waals surface area contributed by atoms with Gasteiger partial charge in [0.05, 0.1) is 11.6 Å². The van der Waals surface area contributed by atoms with Gasteiger partial charge in [0.25, 0.3) is 5.91 Å². The molecule has 2 saturated carbocycles. The van der Waals surface area contributed by atoms with E-state index in [0.29, 0.717) is 17.2 Å². The van der Waals surface area contributed by atoms with Gasteiger partial charge in [-0.3, -0.25) is 4.79 Å². The minimum Gasteiger partial charge on any atom is -0.484 e. The highest BCUT2D eigenvalue weighted by Crippen LogP contribution is 2.63. The fourth-order valence-electron chi connectivity index (χ4n) is 4.03. The van der Waals surface area contributed by atoms with E-state index in [1.54, 1.807) is 24.3 Å². The van der Waals surface area contributed by atoms with Crippen LogP contribution in [0.25, 0.3) is 0 Å². The van der Waals surface area contributed by atoms with Crippen molar-refractivity contribution in [3.8, 4) is 11.8 Å². The van der Waals surface area contributed by atoms with Gasteiger partial charge < -0.3 is 4.74 Å². The van der Waals surface area contributed by atoms with Crippen molar-refractivity contribution in [3.05, 3.63) is 29.8 Å². The van der Waals surface area contributed by atoms with Crippen LogP contribution in [0.4, 0.5) is 0 Å². The Morgan fingerprint density at radius 2 is 2.08 bits per heavy atom. The molecule has 0 aromatic heterocycles. The third kappa shape index (κ3) is 2.66. The molecule has 5 heteroatoms.